The molecule has 0 bridgehead atoms. The lowest BCUT2D eigenvalue weighted by molar-refractivity contribution is -0.132. The lowest BCUT2D eigenvalue weighted by Gasteiger charge is -1.98. The lowest BCUT2D eigenvalue weighted by Crippen LogP contribution is -2.02. The van der Waals surface area contributed by atoms with Crippen LogP contribution in [-0.2, 0) is 4.79 Å². The predicted octanol–water partition coefficient (Wildman–Crippen LogP) is 1.32. The smallest absolute Gasteiger partial charge is 0.309 e. The van der Waals surface area contributed by atoms with E-state index in [1.807, 2.05) is 13.0 Å². The molecule has 0 saturated carbocycles. The number of esters is 1. The van der Waals surface area contributed by atoms with Crippen LogP contribution < -0.4 is 4.74 Å². The zero-order valence-corrected chi connectivity index (χ0v) is 6.50. The molecule has 3 nitrogen and oxygen atoms in total. The SMILES string of the molecule is CC(=O)Oc1cccc(C)n1. The van der Waals surface area contributed by atoms with Crippen LogP contribution in [-0.4, -0.2) is 11.0 Å². The van der Waals surface area contributed by atoms with Crippen LogP contribution in [0.15, 0.2) is 18.2 Å². The third-order valence-corrected chi connectivity index (χ3v) is 1.11. The van der Waals surface area contributed by atoms with Gasteiger partial charge in [-0.2, -0.15) is 0 Å². The molecule has 0 aromatic carbocycles. The van der Waals surface area contributed by atoms with E-state index in [0.717, 1.165) is 5.69 Å². The van der Waals surface area contributed by atoms with Crippen molar-refractivity contribution in [1.82, 2.24) is 4.98 Å². The summed E-state index contributed by atoms with van der Waals surface area (Å²) in [5, 5.41) is 0. The summed E-state index contributed by atoms with van der Waals surface area (Å²) < 4.78 is 4.74. The van der Waals surface area contributed by atoms with Gasteiger partial charge in [-0.25, -0.2) is 4.98 Å². The first-order valence-corrected chi connectivity index (χ1v) is 3.30. The molecule has 0 aliphatic carbocycles. The molecule has 0 radical (unpaired) electrons. The number of carbonyl (C=O) groups excluding carboxylic acids is 1. The van der Waals surface area contributed by atoms with E-state index in [2.05, 4.69) is 4.98 Å². The van der Waals surface area contributed by atoms with Crippen LogP contribution in [0.5, 0.6) is 5.88 Å². The molecule has 1 aromatic rings. The minimum atomic E-state index is -0.344. The van der Waals surface area contributed by atoms with Crippen molar-refractivity contribution in [2.45, 2.75) is 13.8 Å². The molecular weight excluding hydrogens is 142 g/mol. The molecule has 1 heterocycles. The average molecular weight is 151 g/mol. The van der Waals surface area contributed by atoms with Crippen LogP contribution in [0.2, 0.25) is 0 Å². The number of hydrogen-bond acceptors (Lipinski definition) is 3. The van der Waals surface area contributed by atoms with Crippen LogP contribution in [0.3, 0.4) is 0 Å². The van der Waals surface area contributed by atoms with Gasteiger partial charge in [0.2, 0.25) is 5.88 Å². The van der Waals surface area contributed by atoms with Crippen LogP contribution in [0.4, 0.5) is 0 Å². The van der Waals surface area contributed by atoms with E-state index in [4.69, 9.17) is 4.74 Å². The topological polar surface area (TPSA) is 39.2 Å². The zero-order chi connectivity index (χ0) is 8.27. The summed E-state index contributed by atoms with van der Waals surface area (Å²) in [5.74, 6) is 0.0144. The number of pyridine rings is 1. The summed E-state index contributed by atoms with van der Waals surface area (Å²) in [7, 11) is 0. The minimum absolute atomic E-state index is 0.344. The molecule has 0 N–H and O–H groups in total. The van der Waals surface area contributed by atoms with Crippen molar-refractivity contribution in [3.8, 4) is 5.88 Å². The van der Waals surface area contributed by atoms with E-state index in [1.165, 1.54) is 6.92 Å². The van der Waals surface area contributed by atoms with Crippen molar-refractivity contribution in [1.29, 1.82) is 0 Å². The third kappa shape index (κ3) is 2.37. The Hall–Kier alpha value is -1.38. The minimum Gasteiger partial charge on any atom is -0.408 e. The predicted molar refractivity (Wildman–Crippen MR) is 40.3 cm³/mol. The highest BCUT2D eigenvalue weighted by Crippen LogP contribution is 2.06. The normalized spacial score (nSPS) is 9.27. The van der Waals surface area contributed by atoms with Gasteiger partial charge in [0.15, 0.2) is 0 Å². The van der Waals surface area contributed by atoms with Gasteiger partial charge in [-0.3, -0.25) is 4.79 Å². The fourth-order valence-electron chi connectivity index (χ4n) is 0.722. The molecule has 1 aromatic heterocycles. The maximum atomic E-state index is 10.5. The van der Waals surface area contributed by atoms with E-state index in [9.17, 15) is 4.79 Å². The average Bonchev–Trinajstić information content (AvgIpc) is 1.85. The van der Waals surface area contributed by atoms with Gasteiger partial charge in [0, 0.05) is 18.7 Å². The molecule has 58 valence electrons. The largest absolute Gasteiger partial charge is 0.408 e. The van der Waals surface area contributed by atoms with Gasteiger partial charge in [-0.15, -0.1) is 0 Å². The van der Waals surface area contributed by atoms with Crippen LogP contribution in [0.1, 0.15) is 12.6 Å². The summed E-state index contributed by atoms with van der Waals surface area (Å²) in [4.78, 5) is 14.4. The Kier molecular flexibility index (Phi) is 2.21. The first kappa shape index (κ1) is 7.72. The van der Waals surface area contributed by atoms with Gasteiger partial charge < -0.3 is 4.74 Å². The maximum Gasteiger partial charge on any atom is 0.309 e. The first-order chi connectivity index (χ1) is 5.18. The second-order valence-electron chi connectivity index (χ2n) is 2.21. The second kappa shape index (κ2) is 3.14. The summed E-state index contributed by atoms with van der Waals surface area (Å²) >= 11 is 0. The number of hydrogen-bond donors (Lipinski definition) is 0. The van der Waals surface area contributed by atoms with Crippen molar-refractivity contribution in [3.05, 3.63) is 23.9 Å². The Balaban J connectivity index is 2.79. The molecule has 1 rings (SSSR count). The highest BCUT2D eigenvalue weighted by molar-refractivity contribution is 5.68. The third-order valence-electron chi connectivity index (χ3n) is 1.11. The number of carbonyl (C=O) groups is 1. The quantitative estimate of drug-likeness (QED) is 0.568. The number of rotatable bonds is 1. The molecule has 0 saturated heterocycles. The number of aryl methyl sites for hydroxylation is 1. The molecule has 0 amide bonds. The fourth-order valence-corrected chi connectivity index (χ4v) is 0.722. The number of aromatic nitrogens is 1. The van der Waals surface area contributed by atoms with Crippen LogP contribution >= 0.6 is 0 Å². The number of nitrogens with zero attached hydrogens (tertiary/aromatic N) is 1. The van der Waals surface area contributed by atoms with Gasteiger partial charge in [-0.05, 0) is 13.0 Å². The Morgan fingerprint density at radius 3 is 2.82 bits per heavy atom. The van der Waals surface area contributed by atoms with Gasteiger partial charge in [0.05, 0.1) is 0 Å². The Bertz CT molecular complexity index is 271. The van der Waals surface area contributed by atoms with Crippen molar-refractivity contribution >= 4 is 5.97 Å². The molecule has 0 atom stereocenters. The molecule has 0 unspecified atom stereocenters. The van der Waals surface area contributed by atoms with E-state index in [1.54, 1.807) is 12.1 Å². The van der Waals surface area contributed by atoms with E-state index in [0.29, 0.717) is 5.88 Å². The molecular formula is C8H9NO2. The van der Waals surface area contributed by atoms with Crippen LogP contribution in [0.25, 0.3) is 0 Å². The summed E-state index contributed by atoms with van der Waals surface area (Å²) in [5.41, 5.74) is 0.837. The van der Waals surface area contributed by atoms with Crippen molar-refractivity contribution < 1.29 is 9.53 Å². The van der Waals surface area contributed by atoms with Gasteiger partial charge in [0.1, 0.15) is 0 Å². The Labute approximate surface area is 65.0 Å². The van der Waals surface area contributed by atoms with Crippen molar-refractivity contribution in [2.24, 2.45) is 0 Å². The monoisotopic (exact) mass is 151 g/mol. The highest BCUT2D eigenvalue weighted by atomic mass is 16.5. The van der Waals surface area contributed by atoms with Crippen molar-refractivity contribution in [3.63, 3.8) is 0 Å². The highest BCUT2D eigenvalue weighted by Gasteiger charge is 1.97. The van der Waals surface area contributed by atoms with Gasteiger partial charge in [-0.1, -0.05) is 6.07 Å². The Morgan fingerprint density at radius 1 is 1.55 bits per heavy atom. The van der Waals surface area contributed by atoms with Crippen LogP contribution in [0, 0.1) is 6.92 Å². The van der Waals surface area contributed by atoms with Crippen molar-refractivity contribution in [2.75, 3.05) is 0 Å². The fraction of sp³-hybridized carbons (Fsp3) is 0.250. The zero-order valence-electron chi connectivity index (χ0n) is 6.50. The molecule has 3 heteroatoms. The summed E-state index contributed by atoms with van der Waals surface area (Å²) in [6, 6.07) is 5.28. The first-order valence-electron chi connectivity index (χ1n) is 3.30. The summed E-state index contributed by atoms with van der Waals surface area (Å²) in [6.07, 6.45) is 0. The maximum absolute atomic E-state index is 10.5. The molecule has 11 heavy (non-hydrogen) atoms. The van der Waals surface area contributed by atoms with E-state index in [-0.39, 0.29) is 5.97 Å². The molecule has 0 aliphatic rings. The van der Waals surface area contributed by atoms with Gasteiger partial charge in [0.25, 0.3) is 0 Å². The van der Waals surface area contributed by atoms with E-state index >= 15 is 0 Å². The lowest BCUT2D eigenvalue weighted by atomic mass is 10.4. The number of ether oxygens (including phenoxy) is 1. The molecule has 0 aliphatic heterocycles. The van der Waals surface area contributed by atoms with Gasteiger partial charge >= 0.3 is 5.97 Å². The Morgan fingerprint density at radius 2 is 2.27 bits per heavy atom. The standard InChI is InChI=1S/C8H9NO2/c1-6-4-3-5-8(9-6)11-7(2)10/h3-5H,1-2H3. The van der Waals surface area contributed by atoms with E-state index < -0.39 is 0 Å². The molecule has 0 spiro atoms. The molecule has 0 fully saturated rings. The summed E-state index contributed by atoms with van der Waals surface area (Å²) in [6.45, 7) is 3.19. The second-order valence-corrected chi connectivity index (χ2v) is 2.21.